The van der Waals surface area contributed by atoms with Gasteiger partial charge in [-0.1, -0.05) is 23.2 Å². The molecule has 2 aromatic rings. The molecular weight excluding hydrogens is 311 g/mol. The summed E-state index contributed by atoms with van der Waals surface area (Å²) in [4.78, 5) is 12.5. The zero-order chi connectivity index (χ0) is 15.6. The van der Waals surface area contributed by atoms with E-state index in [1.807, 2.05) is 13.8 Å². The first-order chi connectivity index (χ1) is 9.97. The molecule has 0 bridgehead atoms. The molecule has 1 aromatic carbocycles. The van der Waals surface area contributed by atoms with Gasteiger partial charge in [0.25, 0.3) is 0 Å². The van der Waals surface area contributed by atoms with Crippen LogP contribution in [-0.2, 0) is 13.0 Å². The second-order valence-electron chi connectivity index (χ2n) is 4.61. The standard InChI is InChI=1S/C15H16Cl2N2O2/c1-4-19-12(15(17)9(2)18-19)8-13(20)11-7-10(16)5-6-14(11)21-3/h5-7H,4,8H2,1-3H3. The first-order valence-electron chi connectivity index (χ1n) is 6.56. The molecule has 0 aliphatic heterocycles. The Labute approximate surface area is 133 Å². The number of rotatable bonds is 5. The molecule has 0 amide bonds. The van der Waals surface area contributed by atoms with E-state index < -0.39 is 0 Å². The van der Waals surface area contributed by atoms with E-state index in [0.717, 1.165) is 5.69 Å². The van der Waals surface area contributed by atoms with Crippen LogP contribution in [0.4, 0.5) is 0 Å². The molecule has 1 heterocycles. The molecule has 2 rings (SSSR count). The lowest BCUT2D eigenvalue weighted by Crippen LogP contribution is -2.11. The molecule has 0 saturated heterocycles. The summed E-state index contributed by atoms with van der Waals surface area (Å²) < 4.78 is 6.96. The Kier molecular flexibility index (Phi) is 4.91. The van der Waals surface area contributed by atoms with Crippen LogP contribution in [0.1, 0.15) is 28.7 Å². The first-order valence-corrected chi connectivity index (χ1v) is 7.32. The zero-order valence-corrected chi connectivity index (χ0v) is 13.6. The van der Waals surface area contributed by atoms with Gasteiger partial charge in [0, 0.05) is 11.6 Å². The van der Waals surface area contributed by atoms with E-state index in [1.165, 1.54) is 7.11 Å². The Balaban J connectivity index is 2.37. The molecule has 0 N–H and O–H groups in total. The predicted octanol–water partition coefficient (Wildman–Crippen LogP) is 3.95. The molecule has 4 nitrogen and oxygen atoms in total. The van der Waals surface area contributed by atoms with Gasteiger partial charge in [0.1, 0.15) is 5.75 Å². The van der Waals surface area contributed by atoms with E-state index in [0.29, 0.717) is 33.6 Å². The van der Waals surface area contributed by atoms with E-state index in [1.54, 1.807) is 22.9 Å². The van der Waals surface area contributed by atoms with Crippen molar-refractivity contribution in [3.63, 3.8) is 0 Å². The van der Waals surface area contributed by atoms with E-state index in [4.69, 9.17) is 27.9 Å². The number of methoxy groups -OCH3 is 1. The Morgan fingerprint density at radius 2 is 2.10 bits per heavy atom. The first kappa shape index (κ1) is 15.9. The number of benzene rings is 1. The molecule has 0 spiro atoms. The lowest BCUT2D eigenvalue weighted by atomic mass is 10.1. The fourth-order valence-electron chi connectivity index (χ4n) is 2.18. The van der Waals surface area contributed by atoms with E-state index in [9.17, 15) is 4.79 Å². The van der Waals surface area contributed by atoms with Crippen LogP contribution in [0, 0.1) is 6.92 Å². The molecule has 0 fully saturated rings. The molecule has 6 heteroatoms. The number of Topliss-reactive ketones (excluding diaryl/α,β-unsaturated/α-hetero) is 1. The number of ketones is 1. The Morgan fingerprint density at radius 1 is 1.38 bits per heavy atom. The average molecular weight is 327 g/mol. The quantitative estimate of drug-likeness (QED) is 0.781. The molecule has 0 aliphatic rings. The van der Waals surface area contributed by atoms with Crippen molar-refractivity contribution in [3.05, 3.63) is 45.2 Å². The van der Waals surface area contributed by atoms with Crippen molar-refractivity contribution in [3.8, 4) is 5.75 Å². The molecule has 0 atom stereocenters. The molecule has 0 radical (unpaired) electrons. The van der Waals surface area contributed by atoms with Crippen molar-refractivity contribution in [1.29, 1.82) is 0 Å². The monoisotopic (exact) mass is 326 g/mol. The maximum absolute atomic E-state index is 12.5. The van der Waals surface area contributed by atoms with Gasteiger partial charge in [-0.05, 0) is 32.0 Å². The maximum atomic E-state index is 12.5. The number of carbonyl (C=O) groups excluding carboxylic acids is 1. The van der Waals surface area contributed by atoms with Gasteiger partial charge in [0.05, 0.1) is 35.5 Å². The van der Waals surface area contributed by atoms with Crippen LogP contribution < -0.4 is 4.74 Å². The second-order valence-corrected chi connectivity index (χ2v) is 5.42. The van der Waals surface area contributed by atoms with Crippen molar-refractivity contribution >= 4 is 29.0 Å². The topological polar surface area (TPSA) is 44.1 Å². The van der Waals surface area contributed by atoms with E-state index in [2.05, 4.69) is 5.10 Å². The fraction of sp³-hybridized carbons (Fsp3) is 0.333. The minimum atomic E-state index is -0.106. The van der Waals surface area contributed by atoms with Crippen LogP contribution in [0.25, 0.3) is 0 Å². The van der Waals surface area contributed by atoms with Gasteiger partial charge in [0.2, 0.25) is 0 Å². The summed E-state index contributed by atoms with van der Waals surface area (Å²) in [6.07, 6.45) is 0.157. The number of halogens is 2. The largest absolute Gasteiger partial charge is 0.496 e. The van der Waals surface area contributed by atoms with Gasteiger partial charge in [-0.2, -0.15) is 5.10 Å². The Morgan fingerprint density at radius 3 is 2.71 bits per heavy atom. The maximum Gasteiger partial charge on any atom is 0.172 e. The van der Waals surface area contributed by atoms with Crippen LogP contribution in [0.2, 0.25) is 10.0 Å². The normalized spacial score (nSPS) is 10.7. The van der Waals surface area contributed by atoms with Crippen molar-refractivity contribution in [2.45, 2.75) is 26.8 Å². The molecule has 112 valence electrons. The smallest absolute Gasteiger partial charge is 0.172 e. The molecule has 1 aromatic heterocycles. The van der Waals surface area contributed by atoms with Crippen LogP contribution in [0.15, 0.2) is 18.2 Å². The number of ether oxygens (including phenoxy) is 1. The Hall–Kier alpha value is -1.52. The van der Waals surface area contributed by atoms with Crippen molar-refractivity contribution < 1.29 is 9.53 Å². The number of hydrogen-bond donors (Lipinski definition) is 0. The van der Waals surface area contributed by atoms with Gasteiger partial charge in [0.15, 0.2) is 5.78 Å². The Bertz CT molecular complexity index is 681. The zero-order valence-electron chi connectivity index (χ0n) is 12.1. The molecular formula is C15H16Cl2N2O2. The summed E-state index contributed by atoms with van der Waals surface area (Å²) in [5.41, 5.74) is 1.88. The third-order valence-electron chi connectivity index (χ3n) is 3.24. The summed E-state index contributed by atoms with van der Waals surface area (Å²) >= 11 is 12.2. The van der Waals surface area contributed by atoms with E-state index in [-0.39, 0.29) is 12.2 Å². The minimum absolute atomic E-state index is 0.106. The fourth-order valence-corrected chi connectivity index (χ4v) is 2.56. The lowest BCUT2D eigenvalue weighted by Gasteiger charge is -2.09. The van der Waals surface area contributed by atoms with Crippen molar-refractivity contribution in [1.82, 2.24) is 9.78 Å². The molecule has 0 unspecified atom stereocenters. The van der Waals surface area contributed by atoms with Gasteiger partial charge >= 0.3 is 0 Å². The average Bonchev–Trinajstić information content (AvgIpc) is 2.74. The van der Waals surface area contributed by atoms with Gasteiger partial charge in [-0.25, -0.2) is 0 Å². The summed E-state index contributed by atoms with van der Waals surface area (Å²) in [7, 11) is 1.52. The van der Waals surface area contributed by atoms with Crippen LogP contribution in [0.3, 0.4) is 0 Å². The predicted molar refractivity (Wildman–Crippen MR) is 83.7 cm³/mol. The van der Waals surface area contributed by atoms with Crippen LogP contribution in [0.5, 0.6) is 5.75 Å². The summed E-state index contributed by atoms with van der Waals surface area (Å²) in [5.74, 6) is 0.394. The van der Waals surface area contributed by atoms with Gasteiger partial charge < -0.3 is 4.74 Å². The third kappa shape index (κ3) is 3.22. The summed E-state index contributed by atoms with van der Waals surface area (Å²) in [6, 6.07) is 4.97. The van der Waals surface area contributed by atoms with Crippen LogP contribution in [-0.4, -0.2) is 22.7 Å². The highest BCUT2D eigenvalue weighted by molar-refractivity contribution is 6.32. The molecule has 21 heavy (non-hydrogen) atoms. The summed E-state index contributed by atoms with van der Waals surface area (Å²) in [6.45, 7) is 4.43. The molecule has 0 saturated carbocycles. The highest BCUT2D eigenvalue weighted by Gasteiger charge is 2.19. The van der Waals surface area contributed by atoms with Gasteiger partial charge in [-0.3, -0.25) is 9.48 Å². The molecule has 0 aliphatic carbocycles. The number of nitrogens with zero attached hydrogens (tertiary/aromatic N) is 2. The highest BCUT2D eigenvalue weighted by atomic mass is 35.5. The highest BCUT2D eigenvalue weighted by Crippen LogP contribution is 2.26. The third-order valence-corrected chi connectivity index (χ3v) is 3.97. The van der Waals surface area contributed by atoms with E-state index >= 15 is 0 Å². The summed E-state index contributed by atoms with van der Waals surface area (Å²) in [5, 5.41) is 5.34. The number of aromatic nitrogens is 2. The minimum Gasteiger partial charge on any atom is -0.496 e. The van der Waals surface area contributed by atoms with Crippen molar-refractivity contribution in [2.24, 2.45) is 0 Å². The van der Waals surface area contributed by atoms with Crippen molar-refractivity contribution in [2.75, 3.05) is 7.11 Å². The van der Waals surface area contributed by atoms with Crippen LogP contribution >= 0.6 is 23.2 Å². The van der Waals surface area contributed by atoms with Gasteiger partial charge in [-0.15, -0.1) is 0 Å². The number of aryl methyl sites for hydroxylation is 2. The SMILES string of the molecule is CCn1nc(C)c(Cl)c1CC(=O)c1cc(Cl)ccc1OC. The second kappa shape index (κ2) is 6.50. The number of hydrogen-bond acceptors (Lipinski definition) is 3. The lowest BCUT2D eigenvalue weighted by molar-refractivity contribution is 0.0987. The number of carbonyl (C=O) groups is 1.